The lowest BCUT2D eigenvalue weighted by atomic mass is 10.1. The summed E-state index contributed by atoms with van der Waals surface area (Å²) in [4.78, 5) is 43.9. The van der Waals surface area contributed by atoms with Crippen molar-refractivity contribution >= 4 is 17.7 Å². The maximum atomic E-state index is 12.4. The summed E-state index contributed by atoms with van der Waals surface area (Å²) in [5.41, 5.74) is 0. The summed E-state index contributed by atoms with van der Waals surface area (Å²) in [7, 11) is 3.78. The van der Waals surface area contributed by atoms with Gasteiger partial charge in [0.2, 0.25) is 17.7 Å². The molecule has 0 bridgehead atoms. The number of carbonyl (C=O) groups is 3. The van der Waals surface area contributed by atoms with Gasteiger partial charge in [-0.15, -0.1) is 0 Å². The molecule has 0 atom stereocenters. The molecule has 0 aromatic carbocycles. The van der Waals surface area contributed by atoms with Crippen LogP contribution in [0.2, 0.25) is 0 Å². The quantitative estimate of drug-likeness (QED) is 0.694. The SMILES string of the molecule is CN(C)CC(=O)N1CCCN(C(=O)CCCN2CCCCC2=O)CC1. The van der Waals surface area contributed by atoms with Crippen molar-refractivity contribution in [3.05, 3.63) is 0 Å². The van der Waals surface area contributed by atoms with Crippen molar-refractivity contribution in [3.8, 4) is 0 Å². The van der Waals surface area contributed by atoms with Gasteiger partial charge in [-0.2, -0.15) is 0 Å². The smallest absolute Gasteiger partial charge is 0.236 e. The van der Waals surface area contributed by atoms with Gasteiger partial charge in [0.15, 0.2) is 0 Å². The van der Waals surface area contributed by atoms with Gasteiger partial charge in [0.1, 0.15) is 0 Å². The van der Waals surface area contributed by atoms with Crippen LogP contribution >= 0.6 is 0 Å². The summed E-state index contributed by atoms with van der Waals surface area (Å²) >= 11 is 0. The molecule has 7 heteroatoms. The molecular weight excluding hydrogens is 320 g/mol. The summed E-state index contributed by atoms with van der Waals surface area (Å²) in [6, 6.07) is 0. The minimum absolute atomic E-state index is 0.128. The maximum absolute atomic E-state index is 12.4. The second-order valence-electron chi connectivity index (χ2n) is 7.29. The number of amides is 3. The van der Waals surface area contributed by atoms with Gasteiger partial charge in [0.05, 0.1) is 6.54 Å². The second kappa shape index (κ2) is 9.75. The van der Waals surface area contributed by atoms with E-state index in [1.807, 2.05) is 33.7 Å². The highest BCUT2D eigenvalue weighted by Crippen LogP contribution is 2.12. The Bertz CT molecular complexity index is 481. The number of piperidine rings is 1. The predicted molar refractivity (Wildman–Crippen MR) is 96.0 cm³/mol. The molecule has 3 amide bonds. The largest absolute Gasteiger partial charge is 0.343 e. The van der Waals surface area contributed by atoms with Gasteiger partial charge in [0.25, 0.3) is 0 Å². The molecule has 2 aliphatic heterocycles. The first kappa shape index (κ1) is 19.7. The fourth-order valence-corrected chi connectivity index (χ4v) is 3.46. The molecule has 2 heterocycles. The van der Waals surface area contributed by atoms with Crippen LogP contribution in [0, 0.1) is 0 Å². The van der Waals surface area contributed by atoms with E-state index in [-0.39, 0.29) is 17.7 Å². The third kappa shape index (κ3) is 6.30. The third-order valence-electron chi connectivity index (χ3n) is 4.89. The fourth-order valence-electron chi connectivity index (χ4n) is 3.46. The number of hydrogen-bond acceptors (Lipinski definition) is 4. The van der Waals surface area contributed by atoms with Crippen LogP contribution in [0.15, 0.2) is 0 Å². The molecular formula is C18H32N4O3. The Morgan fingerprint density at radius 2 is 1.60 bits per heavy atom. The van der Waals surface area contributed by atoms with Crippen molar-refractivity contribution < 1.29 is 14.4 Å². The molecule has 0 N–H and O–H groups in total. The first-order chi connectivity index (χ1) is 12.0. The van der Waals surface area contributed by atoms with E-state index in [0.717, 1.165) is 38.8 Å². The number of nitrogens with zero attached hydrogens (tertiary/aromatic N) is 4. The molecule has 0 saturated carbocycles. The Labute approximate surface area is 150 Å². The zero-order valence-electron chi connectivity index (χ0n) is 15.7. The minimum atomic E-state index is 0.128. The molecule has 0 unspecified atom stereocenters. The lowest BCUT2D eigenvalue weighted by Crippen LogP contribution is -2.41. The van der Waals surface area contributed by atoms with E-state index in [0.29, 0.717) is 45.6 Å². The van der Waals surface area contributed by atoms with Gasteiger partial charge in [-0.25, -0.2) is 0 Å². The average molecular weight is 352 g/mol. The first-order valence-corrected chi connectivity index (χ1v) is 9.45. The van der Waals surface area contributed by atoms with E-state index in [9.17, 15) is 14.4 Å². The van der Waals surface area contributed by atoms with E-state index in [4.69, 9.17) is 0 Å². The van der Waals surface area contributed by atoms with Crippen LogP contribution < -0.4 is 0 Å². The first-order valence-electron chi connectivity index (χ1n) is 9.45. The Morgan fingerprint density at radius 1 is 0.920 bits per heavy atom. The van der Waals surface area contributed by atoms with Crippen molar-refractivity contribution in [1.29, 1.82) is 0 Å². The van der Waals surface area contributed by atoms with Crippen molar-refractivity contribution in [2.45, 2.75) is 38.5 Å². The molecule has 142 valence electrons. The van der Waals surface area contributed by atoms with Crippen LogP contribution in [0.4, 0.5) is 0 Å². The molecule has 0 aromatic heterocycles. The summed E-state index contributed by atoms with van der Waals surface area (Å²) < 4.78 is 0. The molecule has 0 aromatic rings. The molecule has 0 radical (unpaired) electrons. The van der Waals surface area contributed by atoms with Gasteiger partial charge in [-0.3, -0.25) is 14.4 Å². The monoisotopic (exact) mass is 352 g/mol. The zero-order valence-corrected chi connectivity index (χ0v) is 15.7. The van der Waals surface area contributed by atoms with Crippen LogP contribution in [0.25, 0.3) is 0 Å². The van der Waals surface area contributed by atoms with Gasteiger partial charge in [-0.05, 0) is 39.8 Å². The number of likely N-dealkylation sites (tertiary alicyclic amines) is 1. The minimum Gasteiger partial charge on any atom is -0.343 e. The molecule has 2 rings (SSSR count). The molecule has 0 aliphatic carbocycles. The van der Waals surface area contributed by atoms with E-state index >= 15 is 0 Å². The topological polar surface area (TPSA) is 64.2 Å². The lowest BCUT2D eigenvalue weighted by Gasteiger charge is -2.27. The van der Waals surface area contributed by atoms with E-state index in [2.05, 4.69) is 0 Å². The van der Waals surface area contributed by atoms with Gasteiger partial charge in [-0.1, -0.05) is 0 Å². The van der Waals surface area contributed by atoms with Gasteiger partial charge >= 0.3 is 0 Å². The van der Waals surface area contributed by atoms with Crippen LogP contribution in [-0.2, 0) is 14.4 Å². The maximum Gasteiger partial charge on any atom is 0.236 e. The van der Waals surface area contributed by atoms with Gasteiger partial charge < -0.3 is 19.6 Å². The van der Waals surface area contributed by atoms with E-state index < -0.39 is 0 Å². The molecule has 0 spiro atoms. The zero-order chi connectivity index (χ0) is 18.2. The van der Waals surface area contributed by atoms with Crippen LogP contribution in [0.5, 0.6) is 0 Å². The van der Waals surface area contributed by atoms with Crippen molar-refractivity contribution in [3.63, 3.8) is 0 Å². The third-order valence-corrected chi connectivity index (χ3v) is 4.89. The number of carbonyl (C=O) groups excluding carboxylic acids is 3. The molecule has 2 aliphatic rings. The summed E-state index contributed by atoms with van der Waals surface area (Å²) in [6.45, 7) is 4.60. The molecule has 2 saturated heterocycles. The number of likely N-dealkylation sites (N-methyl/N-ethyl adjacent to an activating group) is 1. The van der Waals surface area contributed by atoms with Crippen LogP contribution in [-0.4, -0.2) is 97.2 Å². The number of hydrogen-bond donors (Lipinski definition) is 0. The fraction of sp³-hybridized carbons (Fsp3) is 0.833. The molecule has 2 fully saturated rings. The molecule has 25 heavy (non-hydrogen) atoms. The standard InChI is InChI=1S/C18H32N4O3/c1-19(2)15-18(25)22-12-6-11-21(13-14-22)17(24)8-5-10-20-9-4-3-7-16(20)23/h3-15H2,1-2H3. The summed E-state index contributed by atoms with van der Waals surface area (Å²) in [5.74, 6) is 0.498. The highest BCUT2D eigenvalue weighted by atomic mass is 16.2. The van der Waals surface area contributed by atoms with E-state index in [1.54, 1.807) is 0 Å². The highest BCUT2D eigenvalue weighted by molar-refractivity contribution is 5.79. The van der Waals surface area contributed by atoms with Gasteiger partial charge in [0, 0.05) is 52.1 Å². The Kier molecular flexibility index (Phi) is 7.68. The highest BCUT2D eigenvalue weighted by Gasteiger charge is 2.23. The van der Waals surface area contributed by atoms with Crippen LogP contribution in [0.1, 0.15) is 38.5 Å². The second-order valence-corrected chi connectivity index (χ2v) is 7.29. The van der Waals surface area contributed by atoms with Crippen molar-refractivity contribution in [2.24, 2.45) is 0 Å². The normalized spacial score (nSPS) is 19.3. The Hall–Kier alpha value is -1.63. The van der Waals surface area contributed by atoms with Crippen molar-refractivity contribution in [1.82, 2.24) is 19.6 Å². The average Bonchev–Trinajstić information content (AvgIpc) is 2.82. The van der Waals surface area contributed by atoms with Crippen LogP contribution in [0.3, 0.4) is 0 Å². The summed E-state index contributed by atoms with van der Waals surface area (Å²) in [6.07, 6.45) is 4.75. The lowest BCUT2D eigenvalue weighted by molar-refractivity contribution is -0.135. The Morgan fingerprint density at radius 3 is 2.24 bits per heavy atom. The predicted octanol–water partition coefficient (Wildman–Crippen LogP) is 0.402. The molecule has 7 nitrogen and oxygen atoms in total. The Balaban J connectivity index is 1.71. The number of rotatable bonds is 6. The van der Waals surface area contributed by atoms with E-state index in [1.165, 1.54) is 0 Å². The summed E-state index contributed by atoms with van der Waals surface area (Å²) in [5, 5.41) is 0. The van der Waals surface area contributed by atoms with Crippen molar-refractivity contribution in [2.75, 3.05) is 59.9 Å².